The zero-order valence-electron chi connectivity index (χ0n) is 14.1. The van der Waals surface area contributed by atoms with Crippen molar-refractivity contribution in [1.29, 1.82) is 0 Å². The highest BCUT2D eigenvalue weighted by atomic mass is 35.5. The van der Waals surface area contributed by atoms with Gasteiger partial charge in [-0.3, -0.25) is 10.1 Å². The van der Waals surface area contributed by atoms with Gasteiger partial charge in [-0.05, 0) is 29.8 Å². The molecule has 0 aliphatic rings. The average Bonchev–Trinajstić information content (AvgIpc) is 3.11. The van der Waals surface area contributed by atoms with E-state index in [1.54, 1.807) is 12.1 Å². The van der Waals surface area contributed by atoms with Crippen LogP contribution in [0.25, 0.3) is 11.3 Å². The van der Waals surface area contributed by atoms with Crippen molar-refractivity contribution in [2.75, 3.05) is 12.4 Å². The number of carbonyl (C=O) groups excluding carboxylic acids is 1. The molecule has 2 aromatic carbocycles. The van der Waals surface area contributed by atoms with Crippen LogP contribution in [0.2, 0.25) is 5.02 Å². The molecule has 27 heavy (non-hydrogen) atoms. The number of rotatable bonds is 6. The molecule has 3 aromatic rings. The molecule has 0 unspecified atom stereocenters. The third kappa shape index (κ3) is 4.06. The second-order valence-corrected chi connectivity index (χ2v) is 5.95. The molecule has 0 aliphatic carbocycles. The van der Waals surface area contributed by atoms with Crippen molar-refractivity contribution < 1.29 is 19.0 Å². The number of nitrogens with one attached hydrogen (secondary N) is 1. The van der Waals surface area contributed by atoms with Crippen LogP contribution in [0.1, 0.15) is 15.9 Å². The Balaban J connectivity index is 1.90. The van der Waals surface area contributed by atoms with E-state index < -0.39 is 10.9 Å². The molecule has 0 aliphatic heterocycles. The second-order valence-electron chi connectivity index (χ2n) is 5.51. The van der Waals surface area contributed by atoms with Gasteiger partial charge in [-0.25, -0.2) is 4.79 Å². The minimum absolute atomic E-state index is 0.0704. The Kier molecular flexibility index (Phi) is 5.37. The molecule has 0 saturated heterocycles. The van der Waals surface area contributed by atoms with Gasteiger partial charge in [0.1, 0.15) is 0 Å². The first-order valence-electron chi connectivity index (χ1n) is 7.80. The first kappa shape index (κ1) is 18.4. The number of esters is 1. The smallest absolute Gasteiger partial charge is 0.345 e. The van der Waals surface area contributed by atoms with Crippen molar-refractivity contribution >= 4 is 29.1 Å². The molecule has 1 heterocycles. The fourth-order valence-electron chi connectivity index (χ4n) is 2.42. The maximum atomic E-state index is 12.2. The van der Waals surface area contributed by atoms with Gasteiger partial charge in [0.2, 0.25) is 0 Å². The number of nitro groups is 1. The Morgan fingerprint density at radius 1 is 1.22 bits per heavy atom. The first-order valence-corrected chi connectivity index (χ1v) is 8.18. The third-order valence-electron chi connectivity index (χ3n) is 3.80. The molecule has 0 fully saturated rings. The van der Waals surface area contributed by atoms with Gasteiger partial charge in [-0.15, -0.1) is 0 Å². The summed E-state index contributed by atoms with van der Waals surface area (Å²) in [6.07, 6.45) is 0. The fourth-order valence-corrected chi connectivity index (χ4v) is 2.55. The Morgan fingerprint density at radius 3 is 2.48 bits per heavy atom. The van der Waals surface area contributed by atoms with E-state index in [4.69, 9.17) is 20.9 Å². The van der Waals surface area contributed by atoms with E-state index in [2.05, 4.69) is 10.5 Å². The van der Waals surface area contributed by atoms with Crippen LogP contribution < -0.4 is 5.32 Å². The first-order chi connectivity index (χ1) is 13.0. The summed E-state index contributed by atoms with van der Waals surface area (Å²) < 4.78 is 10.1. The number of halogens is 1. The highest BCUT2D eigenvalue weighted by Crippen LogP contribution is 2.31. The minimum atomic E-state index is -0.636. The average molecular weight is 388 g/mol. The van der Waals surface area contributed by atoms with Gasteiger partial charge in [-0.2, -0.15) is 0 Å². The Labute approximate surface area is 158 Å². The Morgan fingerprint density at radius 2 is 1.89 bits per heavy atom. The largest absolute Gasteiger partial charge is 0.465 e. The third-order valence-corrected chi connectivity index (χ3v) is 4.05. The summed E-state index contributed by atoms with van der Waals surface area (Å²) in [5, 5.41) is 18.3. The van der Waals surface area contributed by atoms with Crippen LogP contribution in [0.3, 0.4) is 0 Å². The number of non-ortho nitro benzene ring substituents is 1. The van der Waals surface area contributed by atoms with Gasteiger partial charge in [-0.1, -0.05) is 28.9 Å². The maximum Gasteiger partial charge on any atom is 0.345 e. The molecule has 9 heteroatoms. The normalized spacial score (nSPS) is 10.4. The number of hydrogen-bond donors (Lipinski definition) is 1. The number of nitrogens with zero attached hydrogens (tertiary/aromatic N) is 2. The second kappa shape index (κ2) is 7.88. The Hall–Kier alpha value is -3.39. The lowest BCUT2D eigenvalue weighted by atomic mass is 10.1. The summed E-state index contributed by atoms with van der Waals surface area (Å²) in [7, 11) is 1.25. The van der Waals surface area contributed by atoms with Crippen LogP contribution in [-0.2, 0) is 11.3 Å². The molecule has 0 saturated carbocycles. The van der Waals surface area contributed by atoms with Gasteiger partial charge < -0.3 is 14.6 Å². The summed E-state index contributed by atoms with van der Waals surface area (Å²) in [6, 6.07) is 12.8. The van der Waals surface area contributed by atoms with Crippen LogP contribution >= 0.6 is 11.6 Å². The van der Waals surface area contributed by atoms with Gasteiger partial charge in [0.15, 0.2) is 17.1 Å². The summed E-state index contributed by atoms with van der Waals surface area (Å²) in [6.45, 7) is 0.382. The number of nitro benzene ring substituents is 1. The van der Waals surface area contributed by atoms with E-state index >= 15 is 0 Å². The molecular weight excluding hydrogens is 374 g/mol. The quantitative estimate of drug-likeness (QED) is 0.381. The molecule has 1 N–H and O–H groups in total. The monoisotopic (exact) mass is 387 g/mol. The standard InChI is InChI=1S/C18H14ClN3O5/c1-26-18(23)15-16(12-4-8-14(9-5-12)22(24)25)27-21-17(15)20-10-11-2-6-13(19)7-3-11/h2-9H,10H2,1H3,(H,20,21). The van der Waals surface area contributed by atoms with Crippen molar-refractivity contribution in [2.24, 2.45) is 0 Å². The molecule has 0 amide bonds. The minimum Gasteiger partial charge on any atom is -0.465 e. The van der Waals surface area contributed by atoms with E-state index in [0.29, 0.717) is 17.1 Å². The van der Waals surface area contributed by atoms with Gasteiger partial charge in [0.05, 0.1) is 12.0 Å². The zero-order valence-corrected chi connectivity index (χ0v) is 14.9. The van der Waals surface area contributed by atoms with Crippen LogP contribution in [0.15, 0.2) is 53.1 Å². The van der Waals surface area contributed by atoms with E-state index in [9.17, 15) is 14.9 Å². The number of aromatic nitrogens is 1. The molecule has 3 rings (SSSR count). The summed E-state index contributed by atoms with van der Waals surface area (Å²) in [5.41, 5.74) is 1.43. The number of methoxy groups -OCH3 is 1. The predicted molar refractivity (Wildman–Crippen MR) is 98.7 cm³/mol. The molecule has 0 spiro atoms. The number of carbonyl (C=O) groups is 1. The number of ether oxygens (including phenoxy) is 1. The van der Waals surface area contributed by atoms with E-state index in [1.807, 2.05) is 12.1 Å². The lowest BCUT2D eigenvalue weighted by molar-refractivity contribution is -0.384. The number of hydrogen-bond acceptors (Lipinski definition) is 7. The van der Waals surface area contributed by atoms with Crippen molar-refractivity contribution in [3.63, 3.8) is 0 Å². The molecule has 1 aromatic heterocycles. The summed E-state index contributed by atoms with van der Waals surface area (Å²) >= 11 is 5.87. The highest BCUT2D eigenvalue weighted by Gasteiger charge is 2.25. The van der Waals surface area contributed by atoms with E-state index in [0.717, 1.165) is 5.56 Å². The number of anilines is 1. The predicted octanol–water partition coefficient (Wildman–Crippen LogP) is 4.30. The molecule has 138 valence electrons. The van der Waals surface area contributed by atoms with Crippen molar-refractivity contribution in [3.05, 3.63) is 74.8 Å². The Bertz CT molecular complexity index is 968. The summed E-state index contributed by atoms with van der Waals surface area (Å²) in [5.74, 6) is -0.260. The molecular formula is C18H14ClN3O5. The lowest BCUT2D eigenvalue weighted by Gasteiger charge is -2.06. The van der Waals surface area contributed by atoms with Crippen molar-refractivity contribution in [2.45, 2.75) is 6.54 Å². The summed E-state index contributed by atoms with van der Waals surface area (Å²) in [4.78, 5) is 22.5. The molecule has 8 nitrogen and oxygen atoms in total. The molecule has 0 radical (unpaired) electrons. The van der Waals surface area contributed by atoms with Gasteiger partial charge >= 0.3 is 5.97 Å². The maximum absolute atomic E-state index is 12.2. The molecule has 0 atom stereocenters. The van der Waals surface area contributed by atoms with Crippen molar-refractivity contribution in [3.8, 4) is 11.3 Å². The van der Waals surface area contributed by atoms with Gasteiger partial charge in [0.25, 0.3) is 5.69 Å². The van der Waals surface area contributed by atoms with Crippen LogP contribution in [0.5, 0.6) is 0 Å². The SMILES string of the molecule is COC(=O)c1c(NCc2ccc(Cl)cc2)noc1-c1ccc([N+](=O)[O-])cc1. The van der Waals surface area contributed by atoms with Crippen LogP contribution in [-0.4, -0.2) is 23.2 Å². The number of benzene rings is 2. The van der Waals surface area contributed by atoms with Crippen LogP contribution in [0.4, 0.5) is 11.5 Å². The lowest BCUT2D eigenvalue weighted by Crippen LogP contribution is -2.08. The zero-order chi connectivity index (χ0) is 19.4. The van der Waals surface area contributed by atoms with Crippen LogP contribution in [0, 0.1) is 10.1 Å². The highest BCUT2D eigenvalue weighted by molar-refractivity contribution is 6.30. The van der Waals surface area contributed by atoms with E-state index in [-0.39, 0.29) is 22.8 Å². The topological polar surface area (TPSA) is 108 Å². The molecule has 0 bridgehead atoms. The fraction of sp³-hybridized carbons (Fsp3) is 0.111. The van der Waals surface area contributed by atoms with Crippen molar-refractivity contribution in [1.82, 2.24) is 5.16 Å². The van der Waals surface area contributed by atoms with Gasteiger partial charge in [0, 0.05) is 29.3 Å². The van der Waals surface area contributed by atoms with E-state index in [1.165, 1.54) is 31.4 Å².